The van der Waals surface area contributed by atoms with Crippen molar-refractivity contribution < 1.29 is 9.47 Å². The molecule has 0 saturated carbocycles. The van der Waals surface area contributed by atoms with Crippen LogP contribution in [0.1, 0.15) is 10.4 Å². The summed E-state index contributed by atoms with van der Waals surface area (Å²) in [4.78, 5) is 12.1. The number of benzene rings is 2. The van der Waals surface area contributed by atoms with Crippen LogP contribution in [0.25, 0.3) is 11.1 Å². The number of hydrogen-bond donors (Lipinski definition) is 1. The zero-order valence-electron chi connectivity index (χ0n) is 11.4. The molecule has 0 atom stereocenters. The maximum atomic E-state index is 12.1. The van der Waals surface area contributed by atoms with E-state index in [1.165, 1.54) is 0 Å². The van der Waals surface area contributed by atoms with Crippen LogP contribution in [0, 0.1) is 0 Å². The summed E-state index contributed by atoms with van der Waals surface area (Å²) in [5, 5.41) is 0. The van der Waals surface area contributed by atoms with Gasteiger partial charge >= 0.3 is 5.91 Å². The van der Waals surface area contributed by atoms with E-state index in [1.807, 2.05) is 60.7 Å². The maximum absolute atomic E-state index is 12.1. The van der Waals surface area contributed by atoms with E-state index in [4.69, 9.17) is 0 Å². The average molecular weight is 275 g/mol. The third-order valence-electron chi connectivity index (χ3n) is 3.20. The molecule has 1 aromatic heterocycles. The van der Waals surface area contributed by atoms with Crippen LogP contribution in [0.5, 0.6) is 0 Å². The van der Waals surface area contributed by atoms with Gasteiger partial charge in [0.25, 0.3) is 0 Å². The molecule has 0 bridgehead atoms. The summed E-state index contributed by atoms with van der Waals surface area (Å²) < 4.78 is 1.63. The van der Waals surface area contributed by atoms with Gasteiger partial charge in [-0.05, 0) is 23.3 Å². The SMILES string of the molecule is O=C(N[n+]1ccccc1)c1ccc(-c2ccccc2)cc1. The third-order valence-corrected chi connectivity index (χ3v) is 3.20. The summed E-state index contributed by atoms with van der Waals surface area (Å²) in [6.45, 7) is 0. The first-order valence-corrected chi connectivity index (χ1v) is 6.76. The number of aromatic nitrogens is 1. The fourth-order valence-corrected chi connectivity index (χ4v) is 2.10. The Morgan fingerprint density at radius 1 is 0.714 bits per heavy atom. The summed E-state index contributed by atoms with van der Waals surface area (Å²) in [6.07, 6.45) is 3.58. The molecule has 0 fully saturated rings. The molecule has 3 aromatic rings. The Bertz CT molecular complexity index is 722. The molecule has 102 valence electrons. The minimum atomic E-state index is -0.134. The van der Waals surface area contributed by atoms with Crippen molar-refractivity contribution in [3.8, 4) is 11.1 Å². The Labute approximate surface area is 123 Å². The molecule has 3 nitrogen and oxygen atoms in total. The van der Waals surface area contributed by atoms with Gasteiger partial charge in [-0.2, -0.15) is 0 Å². The molecule has 0 aliphatic carbocycles. The average Bonchev–Trinajstić information content (AvgIpc) is 2.57. The molecule has 1 amide bonds. The summed E-state index contributed by atoms with van der Waals surface area (Å²) >= 11 is 0. The first-order chi connectivity index (χ1) is 10.3. The fourth-order valence-electron chi connectivity index (χ4n) is 2.10. The Kier molecular flexibility index (Phi) is 3.74. The normalized spacial score (nSPS) is 10.1. The summed E-state index contributed by atoms with van der Waals surface area (Å²) in [6, 6.07) is 23.3. The molecule has 1 heterocycles. The Balaban J connectivity index is 1.77. The van der Waals surface area contributed by atoms with Crippen molar-refractivity contribution >= 4 is 5.91 Å². The van der Waals surface area contributed by atoms with Crippen LogP contribution in [0.2, 0.25) is 0 Å². The van der Waals surface area contributed by atoms with Gasteiger partial charge in [-0.1, -0.05) is 53.2 Å². The zero-order valence-corrected chi connectivity index (χ0v) is 11.4. The largest absolute Gasteiger partial charge is 0.305 e. The van der Waals surface area contributed by atoms with Crippen molar-refractivity contribution in [2.45, 2.75) is 0 Å². The molecular formula is C18H15N2O+. The van der Waals surface area contributed by atoms with Gasteiger partial charge in [-0.25, -0.2) is 0 Å². The highest BCUT2D eigenvalue weighted by atomic mass is 16.2. The molecule has 0 unspecified atom stereocenters. The van der Waals surface area contributed by atoms with Crippen LogP contribution in [-0.2, 0) is 0 Å². The standard InChI is InChI=1S/C18H14N2O/c21-18(19-20-13-5-2-6-14-20)17-11-9-16(10-12-17)15-7-3-1-4-8-15/h1-14H/p+1. The van der Waals surface area contributed by atoms with Gasteiger partial charge in [-0.15, -0.1) is 5.43 Å². The number of pyridine rings is 1. The van der Waals surface area contributed by atoms with Gasteiger partial charge in [0.2, 0.25) is 0 Å². The number of nitrogens with one attached hydrogen (secondary N) is 1. The predicted octanol–water partition coefficient (Wildman–Crippen LogP) is 3.03. The highest BCUT2D eigenvalue weighted by Gasteiger charge is 2.09. The van der Waals surface area contributed by atoms with Crippen LogP contribution in [0.15, 0.2) is 85.2 Å². The first kappa shape index (κ1) is 13.1. The first-order valence-electron chi connectivity index (χ1n) is 6.76. The third kappa shape index (κ3) is 3.15. The fraction of sp³-hybridized carbons (Fsp3) is 0. The van der Waals surface area contributed by atoms with Crippen LogP contribution >= 0.6 is 0 Å². The van der Waals surface area contributed by atoms with Gasteiger partial charge in [0.1, 0.15) is 0 Å². The molecule has 3 rings (SSSR count). The molecule has 3 heteroatoms. The molecule has 1 N–H and O–H groups in total. The van der Waals surface area contributed by atoms with Crippen LogP contribution in [0.3, 0.4) is 0 Å². The molecule has 0 aliphatic heterocycles. The Hall–Kier alpha value is -2.94. The molecule has 0 saturated heterocycles. The van der Waals surface area contributed by atoms with Crippen LogP contribution in [-0.4, -0.2) is 5.91 Å². The Morgan fingerprint density at radius 3 is 1.95 bits per heavy atom. The molecule has 21 heavy (non-hydrogen) atoms. The zero-order chi connectivity index (χ0) is 14.5. The van der Waals surface area contributed by atoms with Crippen LogP contribution < -0.4 is 10.1 Å². The monoisotopic (exact) mass is 275 g/mol. The lowest BCUT2D eigenvalue weighted by molar-refractivity contribution is -0.641. The molecule has 0 spiro atoms. The predicted molar refractivity (Wildman–Crippen MR) is 82.2 cm³/mol. The van der Waals surface area contributed by atoms with E-state index in [-0.39, 0.29) is 5.91 Å². The van der Waals surface area contributed by atoms with Crippen molar-refractivity contribution in [3.63, 3.8) is 0 Å². The molecule has 2 aromatic carbocycles. The van der Waals surface area contributed by atoms with Crippen molar-refractivity contribution in [1.29, 1.82) is 0 Å². The van der Waals surface area contributed by atoms with Crippen LogP contribution in [0.4, 0.5) is 0 Å². The number of nitrogens with zero attached hydrogens (tertiary/aromatic N) is 1. The smallest absolute Gasteiger partial charge is 0.264 e. The van der Waals surface area contributed by atoms with Gasteiger partial charge in [0.05, 0.1) is 0 Å². The van der Waals surface area contributed by atoms with E-state index in [0.29, 0.717) is 5.56 Å². The lowest BCUT2D eigenvalue weighted by atomic mass is 10.0. The van der Waals surface area contributed by atoms with Gasteiger partial charge < -0.3 is 0 Å². The number of carbonyl (C=O) groups is 1. The highest BCUT2D eigenvalue weighted by Crippen LogP contribution is 2.19. The molecule has 0 aliphatic rings. The second kappa shape index (κ2) is 6.01. The van der Waals surface area contributed by atoms with Crippen molar-refractivity contribution in [2.24, 2.45) is 0 Å². The second-order valence-corrected chi connectivity index (χ2v) is 4.67. The lowest BCUT2D eigenvalue weighted by Gasteiger charge is -2.03. The van der Waals surface area contributed by atoms with Gasteiger partial charge in [0, 0.05) is 17.7 Å². The minimum absolute atomic E-state index is 0.134. The highest BCUT2D eigenvalue weighted by molar-refractivity contribution is 5.99. The maximum Gasteiger partial charge on any atom is 0.305 e. The van der Waals surface area contributed by atoms with E-state index in [1.54, 1.807) is 17.1 Å². The van der Waals surface area contributed by atoms with Crippen molar-refractivity contribution in [2.75, 3.05) is 5.43 Å². The molecule has 0 radical (unpaired) electrons. The van der Waals surface area contributed by atoms with E-state index >= 15 is 0 Å². The van der Waals surface area contributed by atoms with Gasteiger partial charge in [0.15, 0.2) is 12.4 Å². The van der Waals surface area contributed by atoms with E-state index in [9.17, 15) is 4.79 Å². The summed E-state index contributed by atoms with van der Waals surface area (Å²) in [7, 11) is 0. The Morgan fingerprint density at radius 2 is 1.29 bits per heavy atom. The van der Waals surface area contributed by atoms with E-state index in [2.05, 4.69) is 17.6 Å². The van der Waals surface area contributed by atoms with E-state index < -0.39 is 0 Å². The summed E-state index contributed by atoms with van der Waals surface area (Å²) in [5.41, 5.74) is 5.66. The number of carbonyl (C=O) groups excluding carboxylic acids is 1. The second-order valence-electron chi connectivity index (χ2n) is 4.67. The number of amides is 1. The lowest BCUT2D eigenvalue weighted by Crippen LogP contribution is -2.47. The minimum Gasteiger partial charge on any atom is -0.264 e. The van der Waals surface area contributed by atoms with E-state index in [0.717, 1.165) is 11.1 Å². The summed E-state index contributed by atoms with van der Waals surface area (Å²) in [5.74, 6) is -0.134. The quantitative estimate of drug-likeness (QED) is 0.732. The number of rotatable bonds is 3. The molecular weight excluding hydrogens is 260 g/mol. The topological polar surface area (TPSA) is 33.0 Å². The van der Waals surface area contributed by atoms with Crippen molar-refractivity contribution in [3.05, 3.63) is 90.8 Å². The number of hydrogen-bond acceptors (Lipinski definition) is 1. The van der Waals surface area contributed by atoms with Crippen molar-refractivity contribution in [1.82, 2.24) is 0 Å². The van der Waals surface area contributed by atoms with Gasteiger partial charge in [-0.3, -0.25) is 4.79 Å².